The lowest BCUT2D eigenvalue weighted by Crippen LogP contribution is -2.44. The standard InChI is InChI=1S/C15H22N2O.ClH/c1-2-6-14(16)15(18)17(11-12-9-10-12)13-7-4-3-5-8-13;/h3-5,7-8,12,14H,2,6,9-11,16H2,1H3;1H. The molecule has 1 atom stereocenters. The van der Waals surface area contributed by atoms with Crippen LogP contribution < -0.4 is 10.6 Å². The van der Waals surface area contributed by atoms with E-state index in [1.165, 1.54) is 12.8 Å². The third kappa shape index (κ3) is 4.51. The molecule has 19 heavy (non-hydrogen) atoms. The predicted octanol–water partition coefficient (Wildman–Crippen LogP) is 2.98. The molecule has 0 aromatic heterocycles. The molecular formula is C15H23ClN2O. The zero-order chi connectivity index (χ0) is 13.0. The Morgan fingerprint density at radius 2 is 2.00 bits per heavy atom. The van der Waals surface area contributed by atoms with Crippen LogP contribution in [0.3, 0.4) is 0 Å². The van der Waals surface area contributed by atoms with Crippen LogP contribution >= 0.6 is 12.4 Å². The molecular weight excluding hydrogens is 260 g/mol. The zero-order valence-corrected chi connectivity index (χ0v) is 12.2. The van der Waals surface area contributed by atoms with E-state index in [1.54, 1.807) is 0 Å². The first-order chi connectivity index (χ1) is 8.72. The molecule has 1 aliphatic carbocycles. The number of rotatable bonds is 6. The average Bonchev–Trinajstić information content (AvgIpc) is 3.20. The number of carbonyl (C=O) groups excluding carboxylic acids is 1. The van der Waals surface area contributed by atoms with Gasteiger partial charge in [-0.15, -0.1) is 12.4 Å². The number of benzene rings is 1. The van der Waals surface area contributed by atoms with Gasteiger partial charge in [0.05, 0.1) is 6.04 Å². The van der Waals surface area contributed by atoms with E-state index < -0.39 is 0 Å². The summed E-state index contributed by atoms with van der Waals surface area (Å²) in [5.74, 6) is 0.734. The number of nitrogens with zero attached hydrogens (tertiary/aromatic N) is 1. The number of halogens is 1. The van der Waals surface area contributed by atoms with Gasteiger partial charge in [-0.1, -0.05) is 31.5 Å². The first-order valence-electron chi connectivity index (χ1n) is 6.84. The predicted molar refractivity (Wildman–Crippen MR) is 81.7 cm³/mol. The minimum absolute atomic E-state index is 0. The molecule has 1 saturated carbocycles. The summed E-state index contributed by atoms with van der Waals surface area (Å²) in [5.41, 5.74) is 6.94. The summed E-state index contributed by atoms with van der Waals surface area (Å²) in [4.78, 5) is 14.3. The second-order valence-electron chi connectivity index (χ2n) is 5.12. The lowest BCUT2D eigenvalue weighted by Gasteiger charge is -2.25. The van der Waals surface area contributed by atoms with Crippen LogP contribution in [0.15, 0.2) is 30.3 Å². The summed E-state index contributed by atoms with van der Waals surface area (Å²) in [6.07, 6.45) is 4.17. The van der Waals surface area contributed by atoms with Gasteiger partial charge < -0.3 is 10.6 Å². The summed E-state index contributed by atoms with van der Waals surface area (Å²) < 4.78 is 0. The molecule has 1 amide bonds. The number of hydrogen-bond acceptors (Lipinski definition) is 2. The van der Waals surface area contributed by atoms with E-state index in [0.717, 1.165) is 25.1 Å². The Hall–Kier alpha value is -1.06. The van der Waals surface area contributed by atoms with E-state index in [9.17, 15) is 4.79 Å². The second kappa shape index (κ2) is 7.51. The monoisotopic (exact) mass is 282 g/mol. The highest BCUT2D eigenvalue weighted by Crippen LogP contribution is 2.31. The van der Waals surface area contributed by atoms with Gasteiger partial charge >= 0.3 is 0 Å². The highest BCUT2D eigenvalue weighted by atomic mass is 35.5. The van der Waals surface area contributed by atoms with Gasteiger partial charge in [0.25, 0.3) is 0 Å². The van der Waals surface area contributed by atoms with Gasteiger partial charge in [0.2, 0.25) is 5.91 Å². The number of carbonyl (C=O) groups is 1. The first-order valence-corrected chi connectivity index (χ1v) is 6.84. The molecule has 106 valence electrons. The summed E-state index contributed by atoms with van der Waals surface area (Å²) in [6, 6.07) is 9.50. The normalized spacial score (nSPS) is 15.5. The fourth-order valence-electron chi connectivity index (χ4n) is 2.12. The van der Waals surface area contributed by atoms with Crippen molar-refractivity contribution >= 4 is 24.0 Å². The van der Waals surface area contributed by atoms with Crippen LogP contribution in [0.2, 0.25) is 0 Å². The van der Waals surface area contributed by atoms with E-state index in [-0.39, 0.29) is 24.4 Å². The smallest absolute Gasteiger partial charge is 0.243 e. The van der Waals surface area contributed by atoms with E-state index >= 15 is 0 Å². The molecule has 0 heterocycles. The molecule has 0 radical (unpaired) electrons. The van der Waals surface area contributed by atoms with E-state index in [0.29, 0.717) is 5.92 Å². The quantitative estimate of drug-likeness (QED) is 0.872. The molecule has 0 spiro atoms. The average molecular weight is 283 g/mol. The van der Waals surface area contributed by atoms with E-state index in [1.807, 2.05) is 35.2 Å². The first kappa shape index (κ1) is 16.0. The maximum absolute atomic E-state index is 12.4. The molecule has 0 bridgehead atoms. The number of anilines is 1. The molecule has 1 aliphatic rings. The molecule has 0 saturated heterocycles. The third-order valence-electron chi connectivity index (χ3n) is 3.39. The van der Waals surface area contributed by atoms with Gasteiger partial charge in [-0.3, -0.25) is 4.79 Å². The van der Waals surface area contributed by atoms with Crippen molar-refractivity contribution in [2.75, 3.05) is 11.4 Å². The van der Waals surface area contributed by atoms with E-state index in [2.05, 4.69) is 6.92 Å². The van der Waals surface area contributed by atoms with Gasteiger partial charge in [0.1, 0.15) is 0 Å². The molecule has 1 fully saturated rings. The number of amides is 1. The number of nitrogens with two attached hydrogens (primary N) is 1. The number of hydrogen-bond donors (Lipinski definition) is 1. The fourth-order valence-corrected chi connectivity index (χ4v) is 2.12. The molecule has 0 aliphatic heterocycles. The second-order valence-corrected chi connectivity index (χ2v) is 5.12. The number of para-hydroxylation sites is 1. The highest BCUT2D eigenvalue weighted by Gasteiger charge is 2.29. The third-order valence-corrected chi connectivity index (χ3v) is 3.39. The van der Waals surface area contributed by atoms with Crippen LogP contribution in [-0.2, 0) is 4.79 Å². The van der Waals surface area contributed by atoms with Gasteiger partial charge in [0.15, 0.2) is 0 Å². The molecule has 3 nitrogen and oxygen atoms in total. The maximum atomic E-state index is 12.4. The van der Waals surface area contributed by atoms with Crippen molar-refractivity contribution < 1.29 is 4.79 Å². The van der Waals surface area contributed by atoms with Crippen molar-refractivity contribution in [1.29, 1.82) is 0 Å². The lowest BCUT2D eigenvalue weighted by atomic mass is 10.1. The van der Waals surface area contributed by atoms with Crippen molar-refractivity contribution in [3.63, 3.8) is 0 Å². The van der Waals surface area contributed by atoms with Gasteiger partial charge in [-0.2, -0.15) is 0 Å². The minimum Gasteiger partial charge on any atom is -0.320 e. The highest BCUT2D eigenvalue weighted by molar-refractivity contribution is 5.97. The molecule has 4 heteroatoms. The fraction of sp³-hybridized carbons (Fsp3) is 0.533. The van der Waals surface area contributed by atoms with Crippen molar-refractivity contribution in [2.24, 2.45) is 11.7 Å². The largest absolute Gasteiger partial charge is 0.320 e. The lowest BCUT2D eigenvalue weighted by molar-refractivity contribution is -0.120. The molecule has 1 aromatic rings. The summed E-state index contributed by atoms with van der Waals surface area (Å²) >= 11 is 0. The Morgan fingerprint density at radius 3 is 2.53 bits per heavy atom. The Bertz CT molecular complexity index is 392. The molecule has 2 N–H and O–H groups in total. The SMILES string of the molecule is CCCC(N)C(=O)N(CC1CC1)c1ccccc1.Cl. The summed E-state index contributed by atoms with van der Waals surface area (Å²) in [5, 5.41) is 0. The van der Waals surface area contributed by atoms with E-state index in [4.69, 9.17) is 5.73 Å². The van der Waals surface area contributed by atoms with Crippen molar-refractivity contribution in [3.8, 4) is 0 Å². The van der Waals surface area contributed by atoms with Gasteiger partial charge in [-0.25, -0.2) is 0 Å². The molecule has 2 rings (SSSR count). The Labute approximate surface area is 121 Å². The minimum atomic E-state index is -0.367. The van der Waals surface area contributed by atoms with Gasteiger partial charge in [-0.05, 0) is 37.3 Å². The van der Waals surface area contributed by atoms with Crippen LogP contribution in [-0.4, -0.2) is 18.5 Å². The Morgan fingerprint density at radius 1 is 1.37 bits per heavy atom. The maximum Gasteiger partial charge on any atom is 0.243 e. The summed E-state index contributed by atoms with van der Waals surface area (Å²) in [7, 11) is 0. The summed E-state index contributed by atoms with van der Waals surface area (Å²) in [6.45, 7) is 2.88. The van der Waals surface area contributed by atoms with Gasteiger partial charge in [0, 0.05) is 12.2 Å². The van der Waals surface area contributed by atoms with Crippen LogP contribution in [0.1, 0.15) is 32.6 Å². The molecule has 1 aromatic carbocycles. The van der Waals surface area contributed by atoms with Crippen LogP contribution in [0.5, 0.6) is 0 Å². The molecule has 1 unspecified atom stereocenters. The van der Waals surface area contributed by atoms with Crippen LogP contribution in [0.25, 0.3) is 0 Å². The van der Waals surface area contributed by atoms with Crippen molar-refractivity contribution in [1.82, 2.24) is 0 Å². The van der Waals surface area contributed by atoms with Crippen molar-refractivity contribution in [2.45, 2.75) is 38.6 Å². The topological polar surface area (TPSA) is 46.3 Å². The Kier molecular flexibility index (Phi) is 6.32. The van der Waals surface area contributed by atoms with Crippen LogP contribution in [0, 0.1) is 5.92 Å². The van der Waals surface area contributed by atoms with Crippen molar-refractivity contribution in [3.05, 3.63) is 30.3 Å². The van der Waals surface area contributed by atoms with Crippen LogP contribution in [0.4, 0.5) is 5.69 Å². The zero-order valence-electron chi connectivity index (χ0n) is 11.4. The Balaban J connectivity index is 0.00000180.